The number of rotatable bonds is 2. The van der Waals surface area contributed by atoms with Crippen LogP contribution in [0.4, 0.5) is 4.39 Å². The monoisotopic (exact) mass is 426 g/mol. The summed E-state index contributed by atoms with van der Waals surface area (Å²) in [6.07, 6.45) is 6.83. The number of halogens is 1. The van der Waals surface area contributed by atoms with Gasteiger partial charge in [-0.15, -0.1) is 0 Å². The van der Waals surface area contributed by atoms with E-state index < -0.39 is 10.0 Å². The first-order valence-corrected chi connectivity index (χ1v) is 12.5. The molecule has 0 amide bonds. The third-order valence-corrected chi connectivity index (χ3v) is 7.23. The van der Waals surface area contributed by atoms with Crippen molar-refractivity contribution in [2.75, 3.05) is 32.6 Å². The third kappa shape index (κ3) is 5.10. The molecule has 8 heteroatoms. The lowest BCUT2D eigenvalue weighted by Crippen LogP contribution is -2.58. The van der Waals surface area contributed by atoms with Crippen molar-refractivity contribution in [3.8, 4) is 5.75 Å². The Bertz CT molecular complexity index is 811. The number of hydrogen-bond acceptors (Lipinski definition) is 5. The zero-order valence-electron chi connectivity index (χ0n) is 17.0. The van der Waals surface area contributed by atoms with Gasteiger partial charge in [0.05, 0.1) is 19.0 Å². The maximum Gasteiger partial charge on any atom is 0.209 e. The van der Waals surface area contributed by atoms with Crippen molar-refractivity contribution in [1.82, 2.24) is 9.62 Å². The third-order valence-electron chi connectivity index (χ3n) is 6.50. The smallest absolute Gasteiger partial charge is 0.209 e. The van der Waals surface area contributed by atoms with E-state index in [0.29, 0.717) is 31.4 Å². The van der Waals surface area contributed by atoms with E-state index in [1.807, 2.05) is 6.07 Å². The molecule has 1 N–H and O–H groups in total. The predicted octanol–water partition coefficient (Wildman–Crippen LogP) is 2.64. The van der Waals surface area contributed by atoms with Crippen molar-refractivity contribution in [1.29, 1.82) is 0 Å². The second-order valence-corrected chi connectivity index (χ2v) is 10.3. The second kappa shape index (κ2) is 8.88. The van der Waals surface area contributed by atoms with Gasteiger partial charge in [0.25, 0.3) is 0 Å². The summed E-state index contributed by atoms with van der Waals surface area (Å²) in [7, 11) is -3.30. The molecule has 1 aromatic carbocycles. The molecule has 0 aromatic heterocycles. The van der Waals surface area contributed by atoms with E-state index in [-0.39, 0.29) is 24.0 Å². The van der Waals surface area contributed by atoms with Gasteiger partial charge in [-0.3, -0.25) is 4.90 Å². The zero-order valence-corrected chi connectivity index (χ0v) is 17.8. The van der Waals surface area contributed by atoms with Gasteiger partial charge in [0, 0.05) is 24.2 Å². The van der Waals surface area contributed by atoms with E-state index >= 15 is 0 Å². The normalized spacial score (nSPS) is 31.5. The Kier molecular flexibility index (Phi) is 6.44. The number of benzene rings is 1. The Hall–Kier alpha value is -1.22. The van der Waals surface area contributed by atoms with Gasteiger partial charge in [-0.1, -0.05) is 12.1 Å². The lowest BCUT2D eigenvalue weighted by molar-refractivity contribution is -0.0284. The maximum absolute atomic E-state index is 14.5. The van der Waals surface area contributed by atoms with Crippen molar-refractivity contribution >= 4 is 10.0 Å². The molecule has 4 aliphatic rings. The highest BCUT2D eigenvalue weighted by atomic mass is 32.2. The van der Waals surface area contributed by atoms with Crippen LogP contribution in [0.15, 0.2) is 18.2 Å². The number of nitrogens with one attached hydrogen (secondary N) is 1. The molecule has 1 aliphatic carbocycles. The van der Waals surface area contributed by atoms with Gasteiger partial charge in [0.1, 0.15) is 6.61 Å². The molecule has 3 aliphatic heterocycles. The lowest BCUT2D eigenvalue weighted by Gasteiger charge is -2.41. The van der Waals surface area contributed by atoms with E-state index in [0.717, 1.165) is 50.6 Å². The molecule has 0 spiro atoms. The molecule has 0 radical (unpaired) electrons. The van der Waals surface area contributed by atoms with Crippen LogP contribution in [0.1, 0.15) is 50.0 Å². The molecule has 1 aromatic rings. The number of fused-ring (bicyclic) bond motifs is 5. The van der Waals surface area contributed by atoms with Gasteiger partial charge < -0.3 is 9.47 Å². The maximum atomic E-state index is 14.5. The molecular formula is C21H31FN2O4S. The zero-order chi connectivity index (χ0) is 20.4. The van der Waals surface area contributed by atoms with Gasteiger partial charge >= 0.3 is 0 Å². The fourth-order valence-corrected chi connectivity index (χ4v) is 5.90. The standard InChI is InChI=1S/C21H31FN2O4S/c1-29(25,26)23-19-6-3-11-24-12-13-27-21-17(4-2-5-18(21)22)15-7-9-16(10-8-15)28-14-20(19)24/h2,4-5,15-16,19-20,23H,3,6-14H2,1H3/t15?,16?,19-,20-/m0/s1. The summed E-state index contributed by atoms with van der Waals surface area (Å²) < 4.78 is 53.3. The Morgan fingerprint density at radius 3 is 2.69 bits per heavy atom. The first-order chi connectivity index (χ1) is 13.9. The van der Waals surface area contributed by atoms with Crippen LogP contribution >= 0.6 is 0 Å². The Labute approximate surface area is 172 Å². The second-order valence-electron chi connectivity index (χ2n) is 8.56. The molecular weight excluding hydrogens is 395 g/mol. The SMILES string of the molecule is CS(=O)(=O)N[C@H]1CCCN2CCOc3c(F)cccc3C3CCC(CC3)OC[C@@H]12. The molecule has 2 bridgehead atoms. The molecule has 6 nitrogen and oxygen atoms in total. The lowest BCUT2D eigenvalue weighted by atomic mass is 9.82. The van der Waals surface area contributed by atoms with Crippen molar-refractivity contribution in [3.05, 3.63) is 29.6 Å². The van der Waals surface area contributed by atoms with Gasteiger partial charge in [0.15, 0.2) is 11.6 Å². The van der Waals surface area contributed by atoms with Crippen LogP contribution in [-0.2, 0) is 14.8 Å². The largest absolute Gasteiger partial charge is 0.489 e. The van der Waals surface area contributed by atoms with Crippen molar-refractivity contribution < 1.29 is 22.3 Å². The van der Waals surface area contributed by atoms with Gasteiger partial charge in [-0.05, 0) is 57.1 Å². The summed E-state index contributed by atoms with van der Waals surface area (Å²) in [4.78, 5) is 2.23. The average molecular weight is 427 g/mol. The van der Waals surface area contributed by atoms with Crippen LogP contribution in [0.5, 0.6) is 5.75 Å². The summed E-state index contributed by atoms with van der Waals surface area (Å²) >= 11 is 0. The van der Waals surface area contributed by atoms with Crippen molar-refractivity contribution in [2.45, 2.75) is 62.6 Å². The van der Waals surface area contributed by atoms with Crippen LogP contribution in [0.2, 0.25) is 0 Å². The molecule has 1 saturated carbocycles. The van der Waals surface area contributed by atoms with Gasteiger partial charge in [-0.25, -0.2) is 17.5 Å². The number of hydrogen-bond donors (Lipinski definition) is 1. The predicted molar refractivity (Wildman–Crippen MR) is 109 cm³/mol. The van der Waals surface area contributed by atoms with E-state index in [2.05, 4.69) is 9.62 Å². The van der Waals surface area contributed by atoms with Crippen LogP contribution in [0.3, 0.4) is 0 Å². The molecule has 5 rings (SSSR count). The van der Waals surface area contributed by atoms with E-state index in [1.165, 1.54) is 12.3 Å². The average Bonchev–Trinajstić information content (AvgIpc) is 2.69. The number of nitrogens with zero attached hydrogens (tertiary/aromatic N) is 1. The summed E-state index contributed by atoms with van der Waals surface area (Å²) in [5.74, 6) is 0.376. The Morgan fingerprint density at radius 2 is 1.93 bits per heavy atom. The number of piperidine rings is 1. The Balaban J connectivity index is 1.58. The van der Waals surface area contributed by atoms with Crippen LogP contribution in [0.25, 0.3) is 0 Å². The fraction of sp³-hybridized carbons (Fsp3) is 0.714. The van der Waals surface area contributed by atoms with E-state index in [9.17, 15) is 12.8 Å². The summed E-state index contributed by atoms with van der Waals surface area (Å²) in [5, 5.41) is 0. The molecule has 1 saturated heterocycles. The highest BCUT2D eigenvalue weighted by Crippen LogP contribution is 2.39. The quantitative estimate of drug-likeness (QED) is 0.788. The highest BCUT2D eigenvalue weighted by Gasteiger charge is 2.35. The van der Waals surface area contributed by atoms with E-state index in [1.54, 1.807) is 6.07 Å². The first-order valence-electron chi connectivity index (χ1n) is 10.6. The number of para-hydroxylation sites is 1. The van der Waals surface area contributed by atoms with E-state index in [4.69, 9.17) is 9.47 Å². The molecule has 162 valence electrons. The first kappa shape index (κ1) is 21.0. The molecule has 0 unspecified atom stereocenters. The highest BCUT2D eigenvalue weighted by molar-refractivity contribution is 7.88. The minimum Gasteiger partial charge on any atom is -0.489 e. The molecule has 2 atom stereocenters. The van der Waals surface area contributed by atoms with Crippen LogP contribution in [0, 0.1) is 5.82 Å². The van der Waals surface area contributed by atoms with Crippen LogP contribution < -0.4 is 9.46 Å². The van der Waals surface area contributed by atoms with Gasteiger partial charge in [-0.2, -0.15) is 0 Å². The number of ether oxygens (including phenoxy) is 2. The molecule has 3 heterocycles. The summed E-state index contributed by atoms with van der Waals surface area (Å²) in [6.45, 7) is 2.34. The van der Waals surface area contributed by atoms with Crippen LogP contribution in [-0.4, -0.2) is 64.1 Å². The van der Waals surface area contributed by atoms with Gasteiger partial charge in [0.2, 0.25) is 10.0 Å². The summed E-state index contributed by atoms with van der Waals surface area (Å²) in [5.41, 5.74) is 0.967. The molecule has 2 fully saturated rings. The molecule has 29 heavy (non-hydrogen) atoms. The Morgan fingerprint density at radius 1 is 1.14 bits per heavy atom. The summed E-state index contributed by atoms with van der Waals surface area (Å²) in [6, 6.07) is 4.99. The van der Waals surface area contributed by atoms with Crippen molar-refractivity contribution in [3.63, 3.8) is 0 Å². The number of sulfonamides is 1. The fourth-order valence-electron chi connectivity index (χ4n) is 5.08. The van der Waals surface area contributed by atoms with Crippen molar-refractivity contribution in [2.24, 2.45) is 0 Å². The topological polar surface area (TPSA) is 67.9 Å². The minimum atomic E-state index is -3.30. The minimum absolute atomic E-state index is 0.0411.